The summed E-state index contributed by atoms with van der Waals surface area (Å²) in [6.07, 6.45) is 3.10. The Morgan fingerprint density at radius 3 is 3.12 bits per heavy atom. The van der Waals surface area contributed by atoms with Gasteiger partial charge in [-0.25, -0.2) is 4.98 Å². The maximum atomic E-state index is 9.62. The highest BCUT2D eigenvalue weighted by atomic mass is 16.3. The van der Waals surface area contributed by atoms with Gasteiger partial charge in [0, 0.05) is 36.1 Å². The van der Waals surface area contributed by atoms with Crippen LogP contribution in [-0.2, 0) is 13.0 Å². The summed E-state index contributed by atoms with van der Waals surface area (Å²) in [6.45, 7) is 0.820. The summed E-state index contributed by atoms with van der Waals surface area (Å²) < 4.78 is 2.17. The predicted octanol–water partition coefficient (Wildman–Crippen LogP) is 1.44. The molecule has 1 aromatic carbocycles. The lowest BCUT2D eigenvalue weighted by atomic mass is 10.1. The van der Waals surface area contributed by atoms with Crippen molar-refractivity contribution in [1.82, 2.24) is 9.55 Å². The molecule has 0 radical (unpaired) electrons. The number of aliphatic hydroxyl groups is 1. The van der Waals surface area contributed by atoms with Crippen LogP contribution in [0, 0.1) is 0 Å². The minimum Gasteiger partial charge on any atom is -0.399 e. The Hall–Kier alpha value is -1.81. The van der Waals surface area contributed by atoms with Gasteiger partial charge in [-0.2, -0.15) is 0 Å². The molecule has 2 aromatic rings. The van der Waals surface area contributed by atoms with Gasteiger partial charge in [0.25, 0.3) is 0 Å². The molecule has 3 rings (SSSR count). The molecule has 2 heterocycles. The molecule has 1 aromatic heterocycles. The number of hydrogen-bond donors (Lipinski definition) is 2. The zero-order valence-electron chi connectivity index (χ0n) is 9.50. The van der Waals surface area contributed by atoms with Gasteiger partial charge in [0.1, 0.15) is 5.82 Å². The average molecular weight is 229 g/mol. The maximum absolute atomic E-state index is 9.62. The summed E-state index contributed by atoms with van der Waals surface area (Å²) in [6, 6.07) is 7.74. The lowest BCUT2D eigenvalue weighted by molar-refractivity contribution is 0.144. The summed E-state index contributed by atoms with van der Waals surface area (Å²) >= 11 is 0. The van der Waals surface area contributed by atoms with E-state index in [4.69, 9.17) is 5.73 Å². The van der Waals surface area contributed by atoms with Crippen LogP contribution in [0.1, 0.15) is 12.1 Å². The van der Waals surface area contributed by atoms with Crippen molar-refractivity contribution in [1.29, 1.82) is 0 Å². The number of hydrogen-bond acceptors (Lipinski definition) is 3. The zero-order chi connectivity index (χ0) is 11.8. The molecule has 1 unspecified atom stereocenters. The fraction of sp³-hybridized carbons (Fsp3) is 0.308. The Morgan fingerprint density at radius 2 is 2.29 bits per heavy atom. The van der Waals surface area contributed by atoms with Crippen LogP contribution in [0.5, 0.6) is 0 Å². The molecule has 0 aliphatic carbocycles. The summed E-state index contributed by atoms with van der Waals surface area (Å²) in [5, 5.41) is 9.62. The minimum atomic E-state index is -0.229. The van der Waals surface area contributed by atoms with E-state index < -0.39 is 0 Å². The molecule has 4 heteroatoms. The van der Waals surface area contributed by atoms with Crippen LogP contribution in [0.15, 0.2) is 30.5 Å². The van der Waals surface area contributed by atoms with Crippen molar-refractivity contribution in [2.75, 3.05) is 5.73 Å². The molecule has 4 nitrogen and oxygen atoms in total. The molecular formula is C13H15N3O. The van der Waals surface area contributed by atoms with Crippen molar-refractivity contribution in [3.8, 4) is 11.4 Å². The maximum Gasteiger partial charge on any atom is 0.140 e. The van der Waals surface area contributed by atoms with Crippen LogP contribution < -0.4 is 5.73 Å². The normalized spacial score (nSPS) is 19.0. The van der Waals surface area contributed by atoms with E-state index in [2.05, 4.69) is 9.55 Å². The smallest absolute Gasteiger partial charge is 0.140 e. The molecule has 0 amide bonds. The minimum absolute atomic E-state index is 0.229. The highest BCUT2D eigenvalue weighted by molar-refractivity contribution is 5.62. The van der Waals surface area contributed by atoms with Crippen molar-refractivity contribution in [2.45, 2.75) is 25.5 Å². The van der Waals surface area contributed by atoms with Gasteiger partial charge in [0.05, 0.1) is 6.10 Å². The fourth-order valence-electron chi connectivity index (χ4n) is 2.35. The Kier molecular flexibility index (Phi) is 2.37. The average Bonchev–Trinajstić information content (AvgIpc) is 2.71. The van der Waals surface area contributed by atoms with Crippen LogP contribution in [0.3, 0.4) is 0 Å². The standard InChI is InChI=1S/C13H15N3O/c14-10-3-1-2-9(6-10)13-15-8-11-7-12(17)4-5-16(11)13/h1-3,6,8,12,17H,4-5,7,14H2. The van der Waals surface area contributed by atoms with E-state index in [9.17, 15) is 5.11 Å². The van der Waals surface area contributed by atoms with E-state index >= 15 is 0 Å². The first-order chi connectivity index (χ1) is 8.24. The van der Waals surface area contributed by atoms with E-state index in [1.165, 1.54) is 0 Å². The Balaban J connectivity index is 2.05. The predicted molar refractivity (Wildman–Crippen MR) is 66.4 cm³/mol. The third-order valence-electron chi connectivity index (χ3n) is 3.21. The number of anilines is 1. The first kappa shape index (κ1) is 10.4. The van der Waals surface area contributed by atoms with Gasteiger partial charge in [-0.1, -0.05) is 12.1 Å². The van der Waals surface area contributed by atoms with Crippen LogP contribution in [0.25, 0.3) is 11.4 Å². The van der Waals surface area contributed by atoms with E-state index in [0.29, 0.717) is 6.42 Å². The monoisotopic (exact) mass is 229 g/mol. The first-order valence-corrected chi connectivity index (χ1v) is 5.82. The van der Waals surface area contributed by atoms with E-state index in [0.717, 1.165) is 35.7 Å². The lowest BCUT2D eigenvalue weighted by Gasteiger charge is -2.21. The summed E-state index contributed by atoms with van der Waals surface area (Å²) in [5.41, 5.74) is 8.66. The van der Waals surface area contributed by atoms with Crippen molar-refractivity contribution < 1.29 is 5.11 Å². The molecule has 17 heavy (non-hydrogen) atoms. The molecule has 0 fully saturated rings. The van der Waals surface area contributed by atoms with Crippen LogP contribution in [0.4, 0.5) is 5.69 Å². The summed E-state index contributed by atoms with van der Waals surface area (Å²) in [7, 11) is 0. The Bertz CT molecular complexity index is 547. The van der Waals surface area contributed by atoms with Crippen molar-refractivity contribution in [2.24, 2.45) is 0 Å². The molecule has 0 saturated heterocycles. The van der Waals surface area contributed by atoms with Gasteiger partial charge >= 0.3 is 0 Å². The van der Waals surface area contributed by atoms with Gasteiger partial charge < -0.3 is 15.4 Å². The summed E-state index contributed by atoms with van der Waals surface area (Å²) in [4.78, 5) is 4.44. The van der Waals surface area contributed by atoms with Crippen LogP contribution >= 0.6 is 0 Å². The molecule has 0 saturated carbocycles. The fourth-order valence-corrected chi connectivity index (χ4v) is 2.35. The first-order valence-electron chi connectivity index (χ1n) is 5.82. The zero-order valence-corrected chi connectivity index (χ0v) is 9.50. The van der Waals surface area contributed by atoms with Gasteiger partial charge in [0.15, 0.2) is 0 Å². The van der Waals surface area contributed by atoms with Gasteiger partial charge in [-0.15, -0.1) is 0 Å². The highest BCUT2D eigenvalue weighted by Gasteiger charge is 2.20. The quantitative estimate of drug-likeness (QED) is 0.727. The number of fused-ring (bicyclic) bond motifs is 1. The largest absolute Gasteiger partial charge is 0.399 e. The lowest BCUT2D eigenvalue weighted by Crippen LogP contribution is -2.23. The summed E-state index contributed by atoms with van der Waals surface area (Å²) in [5.74, 6) is 0.944. The molecule has 88 valence electrons. The molecule has 0 spiro atoms. The highest BCUT2D eigenvalue weighted by Crippen LogP contribution is 2.25. The molecule has 1 aliphatic rings. The van der Waals surface area contributed by atoms with Crippen molar-refractivity contribution >= 4 is 5.69 Å². The molecule has 0 bridgehead atoms. The Labute approximate surface area is 99.7 Å². The SMILES string of the molecule is Nc1cccc(-c2ncc3n2CCC(O)C3)c1. The number of imidazole rings is 1. The second-order valence-electron chi connectivity index (χ2n) is 4.50. The molecule has 1 atom stereocenters. The molecule has 3 N–H and O–H groups in total. The third kappa shape index (κ3) is 1.80. The van der Waals surface area contributed by atoms with E-state index in [1.54, 1.807) is 0 Å². The third-order valence-corrected chi connectivity index (χ3v) is 3.21. The number of benzene rings is 1. The van der Waals surface area contributed by atoms with Gasteiger partial charge in [0.2, 0.25) is 0 Å². The number of nitrogens with zero attached hydrogens (tertiary/aromatic N) is 2. The molecule has 1 aliphatic heterocycles. The van der Waals surface area contributed by atoms with Crippen LogP contribution in [0.2, 0.25) is 0 Å². The second-order valence-corrected chi connectivity index (χ2v) is 4.50. The number of nitrogens with two attached hydrogens (primary N) is 1. The number of aromatic nitrogens is 2. The Morgan fingerprint density at radius 1 is 1.41 bits per heavy atom. The second kappa shape index (κ2) is 3.89. The van der Waals surface area contributed by atoms with E-state index in [1.807, 2.05) is 30.5 Å². The van der Waals surface area contributed by atoms with Gasteiger partial charge in [-0.05, 0) is 18.6 Å². The number of rotatable bonds is 1. The molecular weight excluding hydrogens is 214 g/mol. The van der Waals surface area contributed by atoms with Gasteiger partial charge in [-0.3, -0.25) is 0 Å². The number of aliphatic hydroxyl groups excluding tert-OH is 1. The number of nitrogen functional groups attached to an aromatic ring is 1. The van der Waals surface area contributed by atoms with Crippen molar-refractivity contribution in [3.05, 3.63) is 36.2 Å². The van der Waals surface area contributed by atoms with E-state index in [-0.39, 0.29) is 6.10 Å². The topological polar surface area (TPSA) is 64.1 Å². The van der Waals surface area contributed by atoms with Crippen LogP contribution in [-0.4, -0.2) is 20.8 Å². The van der Waals surface area contributed by atoms with Crippen molar-refractivity contribution in [3.63, 3.8) is 0 Å².